The number of nitrogens with zero attached hydrogens (tertiary/aromatic N) is 1. The number of hydrogen-bond donors (Lipinski definition) is 1. The number of aryl methyl sites for hydroxylation is 1. The number of para-hydroxylation sites is 1. The van der Waals surface area contributed by atoms with E-state index in [-0.39, 0.29) is 11.2 Å². The van der Waals surface area contributed by atoms with E-state index in [1.54, 1.807) is 29.5 Å². The number of thiazole rings is 1. The minimum Gasteiger partial charge on any atom is -0.323 e. The molecule has 0 bridgehead atoms. The van der Waals surface area contributed by atoms with Gasteiger partial charge < -0.3 is 5.32 Å². The SMILES string of the molecule is Cc1ccc(-c2nc(CSC(C)C(=O)Nc3c(Cl)cccc3Cl)cs2)cc1. The summed E-state index contributed by atoms with van der Waals surface area (Å²) in [6.45, 7) is 3.92. The number of anilines is 1. The van der Waals surface area contributed by atoms with Gasteiger partial charge in [0.05, 0.1) is 26.7 Å². The number of rotatable bonds is 6. The lowest BCUT2D eigenvalue weighted by molar-refractivity contribution is -0.115. The van der Waals surface area contributed by atoms with Gasteiger partial charge in [-0.2, -0.15) is 0 Å². The number of benzene rings is 2. The van der Waals surface area contributed by atoms with Gasteiger partial charge in [-0.15, -0.1) is 23.1 Å². The summed E-state index contributed by atoms with van der Waals surface area (Å²) in [7, 11) is 0. The molecule has 1 aromatic heterocycles. The topological polar surface area (TPSA) is 42.0 Å². The molecular weight excluding hydrogens is 419 g/mol. The first-order chi connectivity index (χ1) is 12.9. The van der Waals surface area contributed by atoms with E-state index in [1.165, 1.54) is 17.3 Å². The Hall–Kier alpha value is -1.53. The van der Waals surface area contributed by atoms with Crippen LogP contribution in [0.4, 0.5) is 5.69 Å². The first-order valence-electron chi connectivity index (χ1n) is 8.32. The average molecular weight is 437 g/mol. The van der Waals surface area contributed by atoms with Crippen molar-refractivity contribution in [1.82, 2.24) is 4.98 Å². The van der Waals surface area contributed by atoms with Gasteiger partial charge in [0.2, 0.25) is 5.91 Å². The Labute approximate surface area is 177 Å². The van der Waals surface area contributed by atoms with E-state index in [2.05, 4.69) is 41.5 Å². The van der Waals surface area contributed by atoms with Gasteiger partial charge in [0.1, 0.15) is 5.01 Å². The Morgan fingerprint density at radius 2 is 1.85 bits per heavy atom. The van der Waals surface area contributed by atoms with Gasteiger partial charge in [-0.3, -0.25) is 4.79 Å². The van der Waals surface area contributed by atoms with Gasteiger partial charge in [0.15, 0.2) is 0 Å². The third kappa shape index (κ3) is 5.26. The molecular formula is C20H18Cl2N2OS2. The van der Waals surface area contributed by atoms with E-state index in [9.17, 15) is 4.79 Å². The summed E-state index contributed by atoms with van der Waals surface area (Å²) in [5.41, 5.74) is 3.76. The predicted molar refractivity (Wildman–Crippen MR) is 118 cm³/mol. The van der Waals surface area contributed by atoms with Gasteiger partial charge in [-0.1, -0.05) is 59.1 Å². The molecule has 0 aliphatic rings. The Bertz CT molecular complexity index is 921. The third-order valence-corrected chi connectivity index (χ3v) is 6.66. The first kappa shape index (κ1) is 20.2. The molecule has 27 heavy (non-hydrogen) atoms. The van der Waals surface area contributed by atoms with Crippen LogP contribution in [0.1, 0.15) is 18.2 Å². The molecule has 1 atom stereocenters. The molecule has 3 nitrogen and oxygen atoms in total. The molecule has 1 unspecified atom stereocenters. The number of carbonyl (C=O) groups excluding carboxylic acids is 1. The van der Waals surface area contributed by atoms with Crippen LogP contribution < -0.4 is 5.32 Å². The highest BCUT2D eigenvalue weighted by Gasteiger charge is 2.17. The fourth-order valence-electron chi connectivity index (χ4n) is 2.33. The van der Waals surface area contributed by atoms with E-state index in [1.807, 2.05) is 12.3 Å². The summed E-state index contributed by atoms with van der Waals surface area (Å²) in [5, 5.41) is 6.43. The number of amides is 1. The summed E-state index contributed by atoms with van der Waals surface area (Å²) >= 11 is 15.4. The van der Waals surface area contributed by atoms with Crippen molar-refractivity contribution in [3.05, 3.63) is 69.1 Å². The highest BCUT2D eigenvalue weighted by molar-refractivity contribution is 7.99. The molecule has 0 radical (unpaired) electrons. The van der Waals surface area contributed by atoms with Crippen molar-refractivity contribution in [2.45, 2.75) is 24.9 Å². The lowest BCUT2D eigenvalue weighted by Crippen LogP contribution is -2.23. The summed E-state index contributed by atoms with van der Waals surface area (Å²) < 4.78 is 0. The van der Waals surface area contributed by atoms with Gasteiger partial charge in [-0.05, 0) is 26.0 Å². The zero-order valence-corrected chi connectivity index (χ0v) is 18.0. The van der Waals surface area contributed by atoms with E-state index in [0.717, 1.165) is 16.3 Å². The Morgan fingerprint density at radius 1 is 1.19 bits per heavy atom. The minimum absolute atomic E-state index is 0.135. The quantitative estimate of drug-likeness (QED) is 0.467. The predicted octanol–water partition coefficient (Wildman–Crippen LogP) is 6.69. The Balaban J connectivity index is 1.58. The molecule has 0 aliphatic heterocycles. The fourth-order valence-corrected chi connectivity index (χ4v) is 4.53. The summed E-state index contributed by atoms with van der Waals surface area (Å²) in [6, 6.07) is 13.5. The maximum atomic E-state index is 12.4. The van der Waals surface area contributed by atoms with E-state index in [4.69, 9.17) is 23.2 Å². The van der Waals surface area contributed by atoms with Crippen LogP contribution in [0.5, 0.6) is 0 Å². The first-order valence-corrected chi connectivity index (χ1v) is 11.0. The van der Waals surface area contributed by atoms with Crippen molar-refractivity contribution >= 4 is 57.9 Å². The van der Waals surface area contributed by atoms with Crippen LogP contribution >= 0.6 is 46.3 Å². The van der Waals surface area contributed by atoms with Gasteiger partial charge >= 0.3 is 0 Å². The van der Waals surface area contributed by atoms with Crippen LogP contribution in [0.3, 0.4) is 0 Å². The summed E-state index contributed by atoms with van der Waals surface area (Å²) in [6.07, 6.45) is 0. The second-order valence-corrected chi connectivity index (χ2v) is 9.05. The summed E-state index contributed by atoms with van der Waals surface area (Å²) in [4.78, 5) is 17.1. The zero-order valence-electron chi connectivity index (χ0n) is 14.8. The second kappa shape index (κ2) is 9.11. The van der Waals surface area contributed by atoms with Crippen molar-refractivity contribution in [2.75, 3.05) is 5.32 Å². The standard InChI is InChI=1S/C20H18Cl2N2OS2/c1-12-6-8-14(9-7-12)20-23-15(11-27-20)10-26-13(2)19(25)24-18-16(21)4-3-5-17(18)22/h3-9,11,13H,10H2,1-2H3,(H,24,25). The van der Waals surface area contributed by atoms with Crippen LogP contribution in [-0.4, -0.2) is 16.1 Å². The van der Waals surface area contributed by atoms with E-state index >= 15 is 0 Å². The minimum atomic E-state index is -0.262. The molecule has 2 aromatic carbocycles. The summed E-state index contributed by atoms with van der Waals surface area (Å²) in [5.74, 6) is 0.525. The zero-order chi connectivity index (χ0) is 19.4. The molecule has 1 heterocycles. The van der Waals surface area contributed by atoms with Crippen molar-refractivity contribution < 1.29 is 4.79 Å². The van der Waals surface area contributed by atoms with Crippen LogP contribution in [0.2, 0.25) is 10.0 Å². The normalized spacial score (nSPS) is 12.0. The number of halogens is 2. The lowest BCUT2D eigenvalue weighted by Gasteiger charge is -2.13. The molecule has 3 aromatic rings. The highest BCUT2D eigenvalue weighted by Crippen LogP contribution is 2.31. The van der Waals surface area contributed by atoms with E-state index < -0.39 is 0 Å². The van der Waals surface area contributed by atoms with Crippen LogP contribution in [0.15, 0.2) is 47.8 Å². The maximum Gasteiger partial charge on any atom is 0.237 e. The van der Waals surface area contributed by atoms with Crippen molar-refractivity contribution in [2.24, 2.45) is 0 Å². The Kier molecular flexibility index (Phi) is 6.82. The van der Waals surface area contributed by atoms with Crippen LogP contribution in [-0.2, 0) is 10.5 Å². The van der Waals surface area contributed by atoms with Gasteiger partial charge in [0, 0.05) is 16.7 Å². The average Bonchev–Trinajstić information content (AvgIpc) is 3.12. The smallest absolute Gasteiger partial charge is 0.237 e. The highest BCUT2D eigenvalue weighted by atomic mass is 35.5. The molecule has 140 valence electrons. The second-order valence-electron chi connectivity index (χ2n) is 6.05. The lowest BCUT2D eigenvalue weighted by atomic mass is 10.2. The van der Waals surface area contributed by atoms with E-state index in [0.29, 0.717) is 21.5 Å². The molecule has 7 heteroatoms. The van der Waals surface area contributed by atoms with Crippen LogP contribution in [0.25, 0.3) is 10.6 Å². The largest absolute Gasteiger partial charge is 0.323 e. The number of hydrogen-bond acceptors (Lipinski definition) is 4. The maximum absolute atomic E-state index is 12.4. The number of thioether (sulfide) groups is 1. The van der Waals surface area contributed by atoms with Gasteiger partial charge in [-0.25, -0.2) is 4.98 Å². The molecule has 0 saturated heterocycles. The third-order valence-electron chi connectivity index (χ3n) is 3.91. The molecule has 1 N–H and O–H groups in total. The molecule has 3 rings (SSSR count). The number of aromatic nitrogens is 1. The molecule has 0 spiro atoms. The molecule has 0 aliphatic carbocycles. The van der Waals surface area contributed by atoms with Crippen LogP contribution in [0, 0.1) is 6.92 Å². The van der Waals surface area contributed by atoms with Gasteiger partial charge in [0.25, 0.3) is 0 Å². The number of nitrogens with one attached hydrogen (secondary N) is 1. The number of carbonyl (C=O) groups is 1. The van der Waals surface area contributed by atoms with Crippen molar-refractivity contribution in [1.29, 1.82) is 0 Å². The monoisotopic (exact) mass is 436 g/mol. The molecule has 0 fully saturated rings. The van der Waals surface area contributed by atoms with Crippen molar-refractivity contribution in [3.63, 3.8) is 0 Å². The fraction of sp³-hybridized carbons (Fsp3) is 0.200. The Morgan fingerprint density at radius 3 is 2.52 bits per heavy atom. The molecule has 0 saturated carbocycles. The molecule has 1 amide bonds. The van der Waals surface area contributed by atoms with Crippen molar-refractivity contribution in [3.8, 4) is 10.6 Å².